The number of halogens is 1. The summed E-state index contributed by atoms with van der Waals surface area (Å²) in [4.78, 5) is 11.8. The highest BCUT2D eigenvalue weighted by atomic mass is 19.1. The third-order valence-corrected chi connectivity index (χ3v) is 1.76. The molecule has 3 nitrogen and oxygen atoms in total. The van der Waals surface area contributed by atoms with Crippen molar-refractivity contribution in [2.45, 2.75) is 6.92 Å². The van der Waals surface area contributed by atoms with Gasteiger partial charge in [0.1, 0.15) is 5.69 Å². The monoisotopic (exact) mass is 189 g/mol. The lowest BCUT2D eigenvalue weighted by atomic mass is 10.2. The Kier molecular flexibility index (Phi) is 2.18. The Bertz CT molecular complexity index is 379. The lowest BCUT2D eigenvalue weighted by molar-refractivity contribution is 0.614. The Morgan fingerprint density at radius 2 is 1.71 bits per heavy atom. The molecule has 0 fully saturated rings. The predicted molar refractivity (Wildman–Crippen MR) is 50.0 cm³/mol. The summed E-state index contributed by atoms with van der Waals surface area (Å²) in [6.45, 7) is 1.95. The van der Waals surface area contributed by atoms with Gasteiger partial charge in [-0.2, -0.15) is 0 Å². The summed E-state index contributed by atoms with van der Waals surface area (Å²) in [7, 11) is 0. The molecule has 2 heterocycles. The van der Waals surface area contributed by atoms with Gasteiger partial charge in [0.05, 0.1) is 12.4 Å². The summed E-state index contributed by atoms with van der Waals surface area (Å²) in [6.07, 6.45) is 3.98. The zero-order valence-electron chi connectivity index (χ0n) is 7.61. The van der Waals surface area contributed by atoms with Crippen LogP contribution in [0.3, 0.4) is 0 Å². The van der Waals surface area contributed by atoms with Crippen LogP contribution < -0.4 is 0 Å². The van der Waals surface area contributed by atoms with E-state index in [-0.39, 0.29) is 0 Å². The van der Waals surface area contributed by atoms with E-state index in [1.807, 2.05) is 19.1 Å². The second-order valence-corrected chi connectivity index (χ2v) is 2.95. The van der Waals surface area contributed by atoms with E-state index in [1.165, 1.54) is 0 Å². The molecule has 0 atom stereocenters. The Morgan fingerprint density at radius 3 is 2.29 bits per heavy atom. The van der Waals surface area contributed by atoms with E-state index in [1.54, 1.807) is 6.20 Å². The van der Waals surface area contributed by atoms with Gasteiger partial charge in [-0.05, 0) is 18.6 Å². The quantitative estimate of drug-likeness (QED) is 0.688. The van der Waals surface area contributed by atoms with Crippen LogP contribution in [0.5, 0.6) is 0 Å². The molecule has 0 saturated carbocycles. The van der Waals surface area contributed by atoms with Crippen molar-refractivity contribution in [3.63, 3.8) is 0 Å². The molecule has 0 unspecified atom stereocenters. The van der Waals surface area contributed by atoms with Crippen molar-refractivity contribution in [3.05, 3.63) is 42.1 Å². The predicted octanol–water partition coefficient (Wildman–Crippen LogP) is 1.99. The fourth-order valence-corrected chi connectivity index (χ4v) is 1.04. The molecule has 2 aromatic rings. The van der Waals surface area contributed by atoms with E-state index in [4.69, 9.17) is 0 Å². The van der Waals surface area contributed by atoms with E-state index in [0.29, 0.717) is 11.5 Å². The van der Waals surface area contributed by atoms with Gasteiger partial charge in [0.25, 0.3) is 0 Å². The van der Waals surface area contributed by atoms with Gasteiger partial charge >= 0.3 is 0 Å². The van der Waals surface area contributed by atoms with Gasteiger partial charge < -0.3 is 0 Å². The van der Waals surface area contributed by atoms with Crippen LogP contribution >= 0.6 is 0 Å². The zero-order chi connectivity index (χ0) is 9.97. The first-order valence-electron chi connectivity index (χ1n) is 4.16. The third-order valence-electron chi connectivity index (χ3n) is 1.76. The first-order valence-corrected chi connectivity index (χ1v) is 4.16. The Balaban J connectivity index is 2.40. The van der Waals surface area contributed by atoms with E-state index in [2.05, 4.69) is 15.0 Å². The largest absolute Gasteiger partial charge is 0.253 e. The summed E-state index contributed by atoms with van der Waals surface area (Å²) in [5, 5.41) is 0. The standard InChI is InChI=1S/C10H8FN3/c1-7-2-3-9(12-4-7)10-13-5-8(11)6-14-10/h2-6H,1H3. The second kappa shape index (κ2) is 3.49. The van der Waals surface area contributed by atoms with E-state index < -0.39 is 5.82 Å². The van der Waals surface area contributed by atoms with Gasteiger partial charge in [-0.3, -0.25) is 4.98 Å². The minimum absolute atomic E-state index is 0.436. The lowest BCUT2D eigenvalue weighted by Crippen LogP contribution is -1.92. The molecule has 0 aliphatic carbocycles. The number of rotatable bonds is 1. The number of nitrogens with zero attached hydrogens (tertiary/aromatic N) is 3. The van der Waals surface area contributed by atoms with Gasteiger partial charge in [0, 0.05) is 6.20 Å². The molecule has 0 aromatic carbocycles. The van der Waals surface area contributed by atoms with Gasteiger partial charge in [-0.15, -0.1) is 0 Å². The first kappa shape index (κ1) is 8.74. The molecule has 0 radical (unpaired) electrons. The molecule has 0 aliphatic heterocycles. The van der Waals surface area contributed by atoms with Crippen LogP contribution in [0, 0.1) is 12.7 Å². The van der Waals surface area contributed by atoms with Gasteiger partial charge in [-0.1, -0.05) is 6.07 Å². The minimum Gasteiger partial charge on any atom is -0.253 e. The van der Waals surface area contributed by atoms with Crippen molar-refractivity contribution < 1.29 is 4.39 Å². The average molecular weight is 189 g/mol. The van der Waals surface area contributed by atoms with Crippen molar-refractivity contribution in [1.29, 1.82) is 0 Å². The minimum atomic E-state index is -0.444. The summed E-state index contributed by atoms with van der Waals surface area (Å²) in [6, 6.07) is 3.72. The van der Waals surface area contributed by atoms with Crippen molar-refractivity contribution in [2.24, 2.45) is 0 Å². The van der Waals surface area contributed by atoms with Crippen molar-refractivity contribution >= 4 is 0 Å². The molecule has 70 valence electrons. The number of aryl methyl sites for hydroxylation is 1. The molecular formula is C10H8FN3. The molecule has 0 N–H and O–H groups in total. The molecule has 0 spiro atoms. The molecule has 0 amide bonds. The van der Waals surface area contributed by atoms with E-state index >= 15 is 0 Å². The molecule has 4 heteroatoms. The maximum absolute atomic E-state index is 12.5. The molecular weight excluding hydrogens is 181 g/mol. The van der Waals surface area contributed by atoms with Crippen molar-refractivity contribution in [3.8, 4) is 11.5 Å². The summed E-state index contributed by atoms with van der Waals surface area (Å²) in [5.41, 5.74) is 1.71. The molecule has 2 aromatic heterocycles. The van der Waals surface area contributed by atoms with E-state index in [9.17, 15) is 4.39 Å². The van der Waals surface area contributed by atoms with Crippen LogP contribution in [0.1, 0.15) is 5.56 Å². The number of hydrogen-bond acceptors (Lipinski definition) is 3. The van der Waals surface area contributed by atoms with Crippen molar-refractivity contribution in [1.82, 2.24) is 15.0 Å². The van der Waals surface area contributed by atoms with Gasteiger partial charge in [0.2, 0.25) is 0 Å². The summed E-state index contributed by atoms with van der Waals surface area (Å²) < 4.78 is 12.5. The van der Waals surface area contributed by atoms with Crippen LogP contribution in [0.4, 0.5) is 4.39 Å². The molecule has 0 bridgehead atoms. The first-order chi connectivity index (χ1) is 6.75. The average Bonchev–Trinajstić information content (AvgIpc) is 2.21. The maximum Gasteiger partial charge on any atom is 0.178 e. The second-order valence-electron chi connectivity index (χ2n) is 2.95. The van der Waals surface area contributed by atoms with Crippen LogP contribution in [0.2, 0.25) is 0 Å². The highest BCUT2D eigenvalue weighted by Gasteiger charge is 2.01. The highest BCUT2D eigenvalue weighted by Crippen LogP contribution is 2.10. The normalized spacial score (nSPS) is 10.1. The SMILES string of the molecule is Cc1ccc(-c2ncc(F)cn2)nc1. The number of hydrogen-bond donors (Lipinski definition) is 0. The van der Waals surface area contributed by atoms with Crippen molar-refractivity contribution in [2.75, 3.05) is 0 Å². The molecule has 0 aliphatic rings. The Labute approximate surface area is 80.7 Å². The van der Waals surface area contributed by atoms with Crippen LogP contribution in [0.25, 0.3) is 11.5 Å². The van der Waals surface area contributed by atoms with Gasteiger partial charge in [0.15, 0.2) is 11.6 Å². The number of pyridine rings is 1. The summed E-state index contributed by atoms with van der Waals surface area (Å²) in [5.74, 6) is -0.00717. The van der Waals surface area contributed by atoms with Crippen LogP contribution in [-0.2, 0) is 0 Å². The molecule has 14 heavy (non-hydrogen) atoms. The fraction of sp³-hybridized carbons (Fsp3) is 0.100. The topological polar surface area (TPSA) is 38.7 Å². The Morgan fingerprint density at radius 1 is 1.00 bits per heavy atom. The lowest BCUT2D eigenvalue weighted by Gasteiger charge is -1.98. The van der Waals surface area contributed by atoms with E-state index in [0.717, 1.165) is 18.0 Å². The third kappa shape index (κ3) is 1.74. The fourth-order valence-electron chi connectivity index (χ4n) is 1.04. The van der Waals surface area contributed by atoms with Gasteiger partial charge in [-0.25, -0.2) is 14.4 Å². The molecule has 2 rings (SSSR count). The zero-order valence-corrected chi connectivity index (χ0v) is 7.61. The highest BCUT2D eigenvalue weighted by molar-refractivity contribution is 5.48. The van der Waals surface area contributed by atoms with Crippen LogP contribution in [0.15, 0.2) is 30.7 Å². The van der Waals surface area contributed by atoms with Crippen LogP contribution in [-0.4, -0.2) is 15.0 Å². The summed E-state index contributed by atoms with van der Waals surface area (Å²) >= 11 is 0. The number of aromatic nitrogens is 3. The smallest absolute Gasteiger partial charge is 0.178 e. The molecule has 0 saturated heterocycles. The Hall–Kier alpha value is -1.84. The maximum atomic E-state index is 12.5.